The van der Waals surface area contributed by atoms with Crippen LogP contribution in [0, 0.1) is 0 Å². The van der Waals surface area contributed by atoms with Crippen LogP contribution in [0.1, 0.15) is 19.8 Å². The van der Waals surface area contributed by atoms with Gasteiger partial charge in [0.2, 0.25) is 0 Å². The normalized spacial score (nSPS) is 27.2. The Hall–Kier alpha value is -0.920. The molecule has 1 saturated heterocycles. The maximum Gasteiger partial charge on any atom is 0.257 e. The number of aromatic amines is 1. The van der Waals surface area contributed by atoms with E-state index in [1.807, 2.05) is 0 Å². The summed E-state index contributed by atoms with van der Waals surface area (Å²) in [5, 5.41) is 6.26. The van der Waals surface area contributed by atoms with Crippen LogP contribution < -0.4 is 4.72 Å². The summed E-state index contributed by atoms with van der Waals surface area (Å²) in [6.07, 6.45) is 3.11. The Morgan fingerprint density at radius 1 is 1.59 bits per heavy atom. The number of H-pyrrole nitrogens is 1. The zero-order chi connectivity index (χ0) is 12.5. The van der Waals surface area contributed by atoms with Gasteiger partial charge in [-0.3, -0.25) is 5.10 Å². The lowest BCUT2D eigenvalue weighted by molar-refractivity contribution is 0.178. The van der Waals surface area contributed by atoms with Crippen LogP contribution >= 0.6 is 0 Å². The van der Waals surface area contributed by atoms with Gasteiger partial charge in [0.25, 0.3) is 10.0 Å². The maximum atomic E-state index is 12.0. The minimum atomic E-state index is -3.44. The average Bonchev–Trinajstić information content (AvgIpc) is 2.77. The van der Waals surface area contributed by atoms with Gasteiger partial charge in [-0.1, -0.05) is 0 Å². The van der Waals surface area contributed by atoms with E-state index < -0.39 is 10.0 Å². The van der Waals surface area contributed by atoms with Gasteiger partial charge in [0.15, 0.2) is 5.03 Å². The van der Waals surface area contributed by atoms with Crippen LogP contribution in [-0.4, -0.2) is 49.2 Å². The summed E-state index contributed by atoms with van der Waals surface area (Å²) in [6.45, 7) is 3.02. The fraction of sp³-hybridized carbons (Fsp3) is 0.700. The highest BCUT2D eigenvalue weighted by Crippen LogP contribution is 2.17. The SMILES string of the molecule is CC1CC(NS(=O)(=O)c2ccn[nH]2)CCN1C. The maximum absolute atomic E-state index is 12.0. The van der Waals surface area contributed by atoms with Crippen molar-refractivity contribution < 1.29 is 8.42 Å². The van der Waals surface area contributed by atoms with Crippen LogP contribution in [0.5, 0.6) is 0 Å². The second kappa shape index (κ2) is 4.75. The first-order valence-electron chi connectivity index (χ1n) is 5.71. The molecule has 7 heteroatoms. The molecule has 0 saturated carbocycles. The second-order valence-electron chi connectivity index (χ2n) is 4.59. The Balaban J connectivity index is 2.02. The molecule has 1 aliphatic heterocycles. The fourth-order valence-corrected chi connectivity index (χ4v) is 3.26. The first-order valence-corrected chi connectivity index (χ1v) is 7.19. The molecule has 0 spiro atoms. The fourth-order valence-electron chi connectivity index (χ4n) is 2.07. The molecular weight excluding hydrogens is 240 g/mol. The van der Waals surface area contributed by atoms with Crippen LogP contribution in [0.3, 0.4) is 0 Å². The van der Waals surface area contributed by atoms with Crippen molar-refractivity contribution in [3.63, 3.8) is 0 Å². The molecule has 96 valence electrons. The molecular formula is C10H18N4O2S. The molecule has 2 atom stereocenters. The third-order valence-corrected chi connectivity index (χ3v) is 4.74. The van der Waals surface area contributed by atoms with Gasteiger partial charge in [-0.25, -0.2) is 13.1 Å². The number of nitrogens with one attached hydrogen (secondary N) is 2. The van der Waals surface area contributed by atoms with Gasteiger partial charge in [-0.05, 0) is 39.4 Å². The molecule has 1 aliphatic rings. The molecule has 2 rings (SSSR count). The summed E-state index contributed by atoms with van der Waals surface area (Å²) in [4.78, 5) is 2.24. The number of rotatable bonds is 3. The number of nitrogens with zero attached hydrogens (tertiary/aromatic N) is 2. The van der Waals surface area contributed by atoms with E-state index >= 15 is 0 Å². The van der Waals surface area contributed by atoms with E-state index in [1.165, 1.54) is 12.3 Å². The number of sulfonamides is 1. The van der Waals surface area contributed by atoms with Crippen molar-refractivity contribution in [3.05, 3.63) is 12.3 Å². The predicted octanol–water partition coefficient (Wildman–Crippen LogP) is 0.171. The summed E-state index contributed by atoms with van der Waals surface area (Å²) in [7, 11) is -1.38. The Morgan fingerprint density at radius 2 is 2.35 bits per heavy atom. The number of piperidine rings is 1. The highest BCUT2D eigenvalue weighted by molar-refractivity contribution is 7.89. The van der Waals surface area contributed by atoms with Crippen LogP contribution in [0.2, 0.25) is 0 Å². The number of likely N-dealkylation sites (tertiary alicyclic amines) is 1. The van der Waals surface area contributed by atoms with Gasteiger partial charge in [-0.15, -0.1) is 0 Å². The van der Waals surface area contributed by atoms with E-state index in [1.54, 1.807) is 0 Å². The molecule has 1 fully saturated rings. The molecule has 2 N–H and O–H groups in total. The van der Waals surface area contributed by atoms with E-state index in [0.717, 1.165) is 19.4 Å². The van der Waals surface area contributed by atoms with Crippen LogP contribution in [0.4, 0.5) is 0 Å². The lowest BCUT2D eigenvalue weighted by atomic mass is 10.0. The Labute approximate surface area is 101 Å². The molecule has 0 aliphatic carbocycles. The average molecular weight is 258 g/mol. The summed E-state index contributed by atoms with van der Waals surface area (Å²) in [6, 6.07) is 1.87. The van der Waals surface area contributed by atoms with Gasteiger partial charge >= 0.3 is 0 Å². The van der Waals surface area contributed by atoms with Gasteiger partial charge in [0.1, 0.15) is 0 Å². The largest absolute Gasteiger partial charge is 0.304 e. The van der Waals surface area contributed by atoms with Crippen LogP contribution in [0.25, 0.3) is 0 Å². The van der Waals surface area contributed by atoms with Gasteiger partial charge < -0.3 is 4.90 Å². The molecule has 0 bridgehead atoms. The van der Waals surface area contributed by atoms with E-state index in [2.05, 4.69) is 33.8 Å². The lowest BCUT2D eigenvalue weighted by Crippen LogP contribution is -2.47. The first kappa shape index (κ1) is 12.5. The van der Waals surface area contributed by atoms with Crippen molar-refractivity contribution in [2.45, 2.75) is 36.9 Å². The summed E-state index contributed by atoms with van der Waals surface area (Å²) in [5.41, 5.74) is 0. The highest BCUT2D eigenvalue weighted by atomic mass is 32.2. The highest BCUT2D eigenvalue weighted by Gasteiger charge is 2.27. The van der Waals surface area contributed by atoms with Gasteiger partial charge in [0, 0.05) is 12.1 Å². The number of hydrogen-bond donors (Lipinski definition) is 2. The summed E-state index contributed by atoms with van der Waals surface area (Å²) >= 11 is 0. The third-order valence-electron chi connectivity index (χ3n) is 3.29. The summed E-state index contributed by atoms with van der Waals surface area (Å²) in [5.74, 6) is 0. The lowest BCUT2D eigenvalue weighted by Gasteiger charge is -2.34. The van der Waals surface area contributed by atoms with Crippen LogP contribution in [-0.2, 0) is 10.0 Å². The molecule has 1 aromatic rings. The molecule has 2 heterocycles. The first-order chi connectivity index (χ1) is 7.99. The van der Waals surface area contributed by atoms with E-state index in [-0.39, 0.29) is 11.1 Å². The zero-order valence-electron chi connectivity index (χ0n) is 10.0. The Morgan fingerprint density at radius 3 is 2.94 bits per heavy atom. The van der Waals surface area contributed by atoms with E-state index in [4.69, 9.17) is 0 Å². The molecule has 6 nitrogen and oxygen atoms in total. The Bertz CT molecular complexity index is 457. The van der Waals surface area contributed by atoms with Crippen LogP contribution in [0.15, 0.2) is 17.3 Å². The van der Waals surface area contributed by atoms with Crippen molar-refractivity contribution in [2.24, 2.45) is 0 Å². The quantitative estimate of drug-likeness (QED) is 0.810. The summed E-state index contributed by atoms with van der Waals surface area (Å²) < 4.78 is 26.6. The standard InChI is InChI=1S/C10H18N4O2S/c1-8-7-9(4-6-14(8)2)13-17(15,16)10-3-5-11-12-10/h3,5,8-9,13H,4,6-7H2,1-2H3,(H,11,12). The molecule has 0 amide bonds. The number of hydrogen-bond acceptors (Lipinski definition) is 4. The third kappa shape index (κ3) is 2.85. The molecule has 0 aromatic carbocycles. The molecule has 1 aromatic heterocycles. The Kier molecular flexibility index (Phi) is 3.50. The zero-order valence-corrected chi connectivity index (χ0v) is 10.9. The van der Waals surface area contributed by atoms with Crippen molar-refractivity contribution in [1.29, 1.82) is 0 Å². The molecule has 2 unspecified atom stereocenters. The minimum absolute atomic E-state index is 0.00880. The van der Waals surface area contributed by atoms with E-state index in [9.17, 15) is 8.42 Å². The van der Waals surface area contributed by atoms with E-state index in [0.29, 0.717) is 6.04 Å². The topological polar surface area (TPSA) is 78.1 Å². The minimum Gasteiger partial charge on any atom is -0.304 e. The second-order valence-corrected chi connectivity index (χ2v) is 6.28. The van der Waals surface area contributed by atoms with Crippen molar-refractivity contribution in [2.75, 3.05) is 13.6 Å². The van der Waals surface area contributed by atoms with Gasteiger partial charge in [-0.2, -0.15) is 5.10 Å². The predicted molar refractivity (Wildman–Crippen MR) is 64.0 cm³/mol. The van der Waals surface area contributed by atoms with Crippen molar-refractivity contribution in [3.8, 4) is 0 Å². The smallest absolute Gasteiger partial charge is 0.257 e. The number of aromatic nitrogens is 2. The van der Waals surface area contributed by atoms with Crippen molar-refractivity contribution in [1.82, 2.24) is 19.8 Å². The molecule has 17 heavy (non-hydrogen) atoms. The van der Waals surface area contributed by atoms with Crippen molar-refractivity contribution >= 4 is 10.0 Å². The molecule has 0 radical (unpaired) electrons. The van der Waals surface area contributed by atoms with Gasteiger partial charge in [0.05, 0.1) is 6.20 Å². The monoisotopic (exact) mass is 258 g/mol.